The van der Waals surface area contributed by atoms with Crippen LogP contribution in [0.4, 0.5) is 10.1 Å². The Morgan fingerprint density at radius 3 is 2.45 bits per heavy atom. The second-order valence-electron chi connectivity index (χ2n) is 8.15. The zero-order valence-corrected chi connectivity index (χ0v) is 18.3. The first-order valence-electron chi connectivity index (χ1n) is 10.7. The van der Waals surface area contributed by atoms with Crippen molar-refractivity contribution in [2.45, 2.75) is 38.6 Å². The molecule has 2 aliphatic heterocycles. The fourth-order valence-corrected chi connectivity index (χ4v) is 4.66. The molecule has 2 aromatic carbocycles. The summed E-state index contributed by atoms with van der Waals surface area (Å²) in [6, 6.07) is 11.7. The highest BCUT2D eigenvalue weighted by Crippen LogP contribution is 2.31. The van der Waals surface area contributed by atoms with Gasteiger partial charge in [0, 0.05) is 0 Å². The number of halogens is 2. The monoisotopic (exact) mass is 444 g/mol. The van der Waals surface area contributed by atoms with Gasteiger partial charge in [0.1, 0.15) is 11.6 Å². The fraction of sp³-hybridized carbons (Fsp3) is 0.417. The number of benzene rings is 2. The third kappa shape index (κ3) is 4.75. The van der Waals surface area contributed by atoms with Crippen molar-refractivity contribution in [3.63, 3.8) is 0 Å². The molecule has 2 fully saturated rings. The van der Waals surface area contributed by atoms with Crippen LogP contribution in [0.3, 0.4) is 0 Å². The van der Waals surface area contributed by atoms with E-state index in [0.717, 1.165) is 43.0 Å². The van der Waals surface area contributed by atoms with E-state index in [1.165, 1.54) is 23.8 Å². The fourth-order valence-electron chi connectivity index (χ4n) is 4.49. The van der Waals surface area contributed by atoms with E-state index in [2.05, 4.69) is 17.0 Å². The molecule has 2 aromatic rings. The van der Waals surface area contributed by atoms with Gasteiger partial charge in [-0.05, 0) is 81.1 Å². The molecule has 0 N–H and O–H groups in total. The molecule has 2 saturated heterocycles. The highest BCUT2D eigenvalue weighted by Gasteiger charge is 2.43. The van der Waals surface area contributed by atoms with Crippen LogP contribution in [-0.4, -0.2) is 42.5 Å². The van der Waals surface area contributed by atoms with Crippen LogP contribution < -0.4 is 9.64 Å². The Morgan fingerprint density at radius 1 is 1.10 bits per heavy atom. The summed E-state index contributed by atoms with van der Waals surface area (Å²) in [5, 5.41) is -0.100. The number of likely N-dealkylation sites (tertiary alicyclic amines) is 1. The lowest BCUT2D eigenvalue weighted by Gasteiger charge is -2.34. The number of rotatable bonds is 6. The van der Waals surface area contributed by atoms with Crippen LogP contribution in [0.25, 0.3) is 0 Å². The largest absolute Gasteiger partial charge is 0.494 e. The van der Waals surface area contributed by atoms with Gasteiger partial charge in [0.15, 0.2) is 0 Å². The van der Waals surface area contributed by atoms with Crippen LogP contribution in [0.15, 0.2) is 42.5 Å². The van der Waals surface area contributed by atoms with E-state index in [-0.39, 0.29) is 23.3 Å². The van der Waals surface area contributed by atoms with Gasteiger partial charge in [0.05, 0.1) is 29.8 Å². The Labute approximate surface area is 186 Å². The van der Waals surface area contributed by atoms with Gasteiger partial charge >= 0.3 is 0 Å². The normalized spacial score (nSPS) is 20.5. The molecule has 2 amide bonds. The summed E-state index contributed by atoms with van der Waals surface area (Å²) in [5.74, 6) is 0.341. The summed E-state index contributed by atoms with van der Waals surface area (Å²) in [4.78, 5) is 28.8. The van der Waals surface area contributed by atoms with Crippen LogP contribution in [0.2, 0.25) is 5.02 Å². The molecule has 0 bridgehead atoms. The molecule has 1 unspecified atom stereocenters. The van der Waals surface area contributed by atoms with Crippen LogP contribution in [0, 0.1) is 11.7 Å². The number of nitrogens with zero attached hydrogens (tertiary/aromatic N) is 2. The van der Waals surface area contributed by atoms with E-state index in [0.29, 0.717) is 18.2 Å². The molecule has 0 aromatic heterocycles. The molecule has 0 radical (unpaired) electrons. The zero-order chi connectivity index (χ0) is 22.0. The van der Waals surface area contributed by atoms with Gasteiger partial charge in [-0.3, -0.25) is 14.5 Å². The van der Waals surface area contributed by atoms with Crippen LogP contribution >= 0.6 is 11.6 Å². The van der Waals surface area contributed by atoms with E-state index in [1.807, 2.05) is 19.1 Å². The molecule has 5 nitrogen and oxygen atoms in total. The minimum Gasteiger partial charge on any atom is -0.494 e. The van der Waals surface area contributed by atoms with Gasteiger partial charge in [-0.25, -0.2) is 9.29 Å². The number of piperidine rings is 1. The number of anilines is 1. The molecule has 0 aliphatic carbocycles. The van der Waals surface area contributed by atoms with Crippen LogP contribution in [0.5, 0.6) is 5.75 Å². The standard InChI is InChI=1S/C24H26ClFN2O3/c1-2-31-19-6-3-16(4-7-19)13-17-9-11-27(12-10-17)22-15-23(29)28(24(22)30)18-5-8-21(26)20(25)14-18/h3-8,14,17,22H,2,9-13,15H2,1H3. The highest BCUT2D eigenvalue weighted by atomic mass is 35.5. The smallest absolute Gasteiger partial charge is 0.251 e. The molecule has 1 atom stereocenters. The maximum absolute atomic E-state index is 13.5. The van der Waals surface area contributed by atoms with Gasteiger partial charge in [0.2, 0.25) is 5.91 Å². The van der Waals surface area contributed by atoms with Crippen molar-refractivity contribution in [2.75, 3.05) is 24.6 Å². The number of hydrogen-bond donors (Lipinski definition) is 0. The topological polar surface area (TPSA) is 49.9 Å². The predicted molar refractivity (Wildman–Crippen MR) is 118 cm³/mol. The molecule has 7 heteroatoms. The third-order valence-corrected chi connectivity index (χ3v) is 6.42. The number of carbonyl (C=O) groups is 2. The zero-order valence-electron chi connectivity index (χ0n) is 17.5. The Bertz CT molecular complexity index is 958. The van der Waals surface area contributed by atoms with Crippen molar-refractivity contribution in [2.24, 2.45) is 5.92 Å². The lowest BCUT2D eigenvalue weighted by atomic mass is 9.89. The first-order valence-corrected chi connectivity index (χ1v) is 11.1. The summed E-state index contributed by atoms with van der Waals surface area (Å²) in [5.41, 5.74) is 1.61. The minimum absolute atomic E-state index is 0.100. The average Bonchev–Trinajstić information content (AvgIpc) is 3.06. The quantitative estimate of drug-likeness (QED) is 0.617. The summed E-state index contributed by atoms with van der Waals surface area (Å²) in [6.45, 7) is 4.19. The summed E-state index contributed by atoms with van der Waals surface area (Å²) < 4.78 is 19.0. The molecular formula is C24H26ClFN2O3. The molecule has 2 aliphatic rings. The molecule has 4 rings (SSSR count). The molecule has 0 saturated carbocycles. The second kappa shape index (κ2) is 9.37. The van der Waals surface area contributed by atoms with E-state index < -0.39 is 11.9 Å². The van der Waals surface area contributed by atoms with E-state index in [4.69, 9.17) is 16.3 Å². The molecule has 0 spiro atoms. The highest BCUT2D eigenvalue weighted by molar-refractivity contribution is 6.31. The maximum atomic E-state index is 13.5. The number of ether oxygens (including phenoxy) is 1. The first kappa shape index (κ1) is 21.8. The number of hydrogen-bond acceptors (Lipinski definition) is 4. The second-order valence-corrected chi connectivity index (χ2v) is 8.55. The molecule has 164 valence electrons. The lowest BCUT2D eigenvalue weighted by molar-refractivity contribution is -0.123. The maximum Gasteiger partial charge on any atom is 0.251 e. The Morgan fingerprint density at radius 2 is 1.81 bits per heavy atom. The molecule has 2 heterocycles. The van der Waals surface area contributed by atoms with Crippen molar-refractivity contribution >= 4 is 29.1 Å². The summed E-state index contributed by atoms with van der Waals surface area (Å²) in [6.07, 6.45) is 3.11. The molecular weight excluding hydrogens is 419 g/mol. The number of amides is 2. The van der Waals surface area contributed by atoms with Gasteiger partial charge in [-0.1, -0.05) is 23.7 Å². The van der Waals surface area contributed by atoms with Crippen molar-refractivity contribution < 1.29 is 18.7 Å². The van der Waals surface area contributed by atoms with E-state index in [1.54, 1.807) is 0 Å². The first-order chi connectivity index (χ1) is 15.0. The Balaban J connectivity index is 1.35. The molecule has 31 heavy (non-hydrogen) atoms. The van der Waals surface area contributed by atoms with Crippen molar-refractivity contribution in [3.8, 4) is 5.75 Å². The third-order valence-electron chi connectivity index (χ3n) is 6.13. The average molecular weight is 445 g/mol. The Kier molecular flexibility index (Phi) is 6.58. The lowest BCUT2D eigenvalue weighted by Crippen LogP contribution is -2.46. The van der Waals surface area contributed by atoms with Crippen molar-refractivity contribution in [3.05, 3.63) is 58.9 Å². The number of imide groups is 1. The summed E-state index contributed by atoms with van der Waals surface area (Å²) in [7, 11) is 0. The van der Waals surface area contributed by atoms with E-state index >= 15 is 0 Å². The van der Waals surface area contributed by atoms with Crippen LogP contribution in [0.1, 0.15) is 31.7 Å². The van der Waals surface area contributed by atoms with Crippen LogP contribution in [-0.2, 0) is 16.0 Å². The van der Waals surface area contributed by atoms with E-state index in [9.17, 15) is 14.0 Å². The van der Waals surface area contributed by atoms with Crippen molar-refractivity contribution in [1.82, 2.24) is 4.90 Å². The van der Waals surface area contributed by atoms with Gasteiger partial charge < -0.3 is 4.74 Å². The summed E-state index contributed by atoms with van der Waals surface area (Å²) >= 11 is 5.84. The Hall–Kier alpha value is -2.44. The van der Waals surface area contributed by atoms with Crippen molar-refractivity contribution in [1.29, 1.82) is 0 Å². The minimum atomic E-state index is -0.573. The van der Waals surface area contributed by atoms with Gasteiger partial charge in [-0.2, -0.15) is 0 Å². The van der Waals surface area contributed by atoms with Gasteiger partial charge in [-0.15, -0.1) is 0 Å². The van der Waals surface area contributed by atoms with Gasteiger partial charge in [0.25, 0.3) is 5.91 Å². The SMILES string of the molecule is CCOc1ccc(CC2CCN(C3CC(=O)N(c4ccc(F)c(Cl)c4)C3=O)CC2)cc1. The number of carbonyl (C=O) groups excluding carboxylic acids is 2. The predicted octanol–water partition coefficient (Wildman–Crippen LogP) is 4.46.